The number of non-ortho nitro benzene ring substituents is 1. The molecule has 0 saturated carbocycles. The largest absolute Gasteiger partial charge is 0.452 e. The minimum Gasteiger partial charge on any atom is -0.452 e. The maximum atomic E-state index is 12.4. The molecule has 0 fully saturated rings. The van der Waals surface area contributed by atoms with Gasteiger partial charge in [0.25, 0.3) is 11.6 Å². The summed E-state index contributed by atoms with van der Waals surface area (Å²) in [6, 6.07) is 18.1. The maximum Gasteiger partial charge on any atom is 0.338 e. The van der Waals surface area contributed by atoms with Gasteiger partial charge in [0.1, 0.15) is 0 Å². The van der Waals surface area contributed by atoms with Gasteiger partial charge in [0.05, 0.1) is 21.2 Å². The molecule has 0 aliphatic carbocycles. The predicted molar refractivity (Wildman–Crippen MR) is 113 cm³/mol. The van der Waals surface area contributed by atoms with E-state index < -0.39 is 23.4 Å². The molecule has 9 heteroatoms. The Morgan fingerprint density at radius 2 is 1.52 bits per heavy atom. The number of nitrogens with one attached hydrogen (secondary N) is 1. The van der Waals surface area contributed by atoms with Gasteiger partial charge in [-0.25, -0.2) is 4.79 Å². The highest BCUT2D eigenvalue weighted by atomic mass is 35.5. The Balaban J connectivity index is 1.58. The quantitative estimate of drug-likeness (QED) is 0.255. The number of amides is 1. The minimum absolute atomic E-state index is 0.0284. The average Bonchev–Trinajstić information content (AvgIpc) is 2.79. The SMILES string of the molecule is O=C(COC(=O)c1ccc(C(=O)c2ccccc2)cc1)Nc1cc([N+](=O)[O-])ccc1Cl. The monoisotopic (exact) mass is 438 g/mol. The van der Waals surface area contributed by atoms with Crippen LogP contribution in [0.25, 0.3) is 0 Å². The number of nitro benzene ring substituents is 1. The number of carbonyl (C=O) groups is 3. The molecule has 3 aromatic rings. The molecule has 0 saturated heterocycles. The van der Waals surface area contributed by atoms with Crippen molar-refractivity contribution in [2.45, 2.75) is 0 Å². The second-order valence-electron chi connectivity index (χ2n) is 6.32. The number of ether oxygens (including phenoxy) is 1. The molecule has 0 aliphatic heterocycles. The van der Waals surface area contributed by atoms with E-state index in [4.69, 9.17) is 16.3 Å². The Kier molecular flexibility index (Phi) is 6.74. The lowest BCUT2D eigenvalue weighted by molar-refractivity contribution is -0.384. The number of nitrogens with zero attached hydrogens (tertiary/aromatic N) is 1. The zero-order valence-electron chi connectivity index (χ0n) is 15.9. The van der Waals surface area contributed by atoms with Gasteiger partial charge in [-0.15, -0.1) is 0 Å². The Morgan fingerprint density at radius 3 is 2.16 bits per heavy atom. The molecule has 8 nitrogen and oxygen atoms in total. The van der Waals surface area contributed by atoms with Crippen molar-refractivity contribution < 1.29 is 24.0 Å². The Hall–Kier alpha value is -4.04. The molecule has 0 bridgehead atoms. The van der Waals surface area contributed by atoms with Crippen molar-refractivity contribution in [1.29, 1.82) is 0 Å². The van der Waals surface area contributed by atoms with Crippen molar-refractivity contribution in [3.05, 3.63) is 105 Å². The summed E-state index contributed by atoms with van der Waals surface area (Å²) in [5.41, 5.74) is 0.864. The highest BCUT2D eigenvalue weighted by Crippen LogP contribution is 2.26. The molecule has 0 aromatic heterocycles. The molecule has 0 aliphatic rings. The van der Waals surface area contributed by atoms with Crippen LogP contribution in [0.1, 0.15) is 26.3 Å². The summed E-state index contributed by atoms with van der Waals surface area (Å²) in [7, 11) is 0. The van der Waals surface area contributed by atoms with Crippen LogP contribution >= 0.6 is 11.6 Å². The Morgan fingerprint density at radius 1 is 0.903 bits per heavy atom. The third-order valence-electron chi connectivity index (χ3n) is 4.19. The van der Waals surface area contributed by atoms with Crippen LogP contribution in [0, 0.1) is 10.1 Å². The molecule has 0 spiro atoms. The number of halogens is 1. The Bertz CT molecular complexity index is 1150. The third kappa shape index (κ3) is 5.52. The van der Waals surface area contributed by atoms with E-state index in [0.29, 0.717) is 11.1 Å². The zero-order valence-corrected chi connectivity index (χ0v) is 16.7. The highest BCUT2D eigenvalue weighted by Gasteiger charge is 2.15. The molecule has 0 radical (unpaired) electrons. The van der Waals surface area contributed by atoms with Gasteiger partial charge in [-0.2, -0.15) is 0 Å². The van der Waals surface area contributed by atoms with Crippen LogP contribution in [0.5, 0.6) is 0 Å². The number of hydrogen-bond acceptors (Lipinski definition) is 6. The van der Waals surface area contributed by atoms with Gasteiger partial charge >= 0.3 is 5.97 Å². The van der Waals surface area contributed by atoms with E-state index in [1.165, 1.54) is 36.4 Å². The van der Waals surface area contributed by atoms with Crippen molar-refractivity contribution in [3.8, 4) is 0 Å². The molecular weight excluding hydrogens is 424 g/mol. The van der Waals surface area contributed by atoms with Crippen LogP contribution in [-0.2, 0) is 9.53 Å². The number of anilines is 1. The molecule has 1 amide bonds. The summed E-state index contributed by atoms with van der Waals surface area (Å²) in [5.74, 6) is -1.67. The van der Waals surface area contributed by atoms with Gasteiger partial charge in [-0.3, -0.25) is 19.7 Å². The summed E-state index contributed by atoms with van der Waals surface area (Å²) in [5, 5.41) is 13.3. The van der Waals surface area contributed by atoms with Crippen LogP contribution < -0.4 is 5.32 Å². The summed E-state index contributed by atoms with van der Waals surface area (Å²) < 4.78 is 4.95. The number of esters is 1. The molecule has 0 unspecified atom stereocenters. The van der Waals surface area contributed by atoms with E-state index in [0.717, 1.165) is 6.07 Å². The third-order valence-corrected chi connectivity index (χ3v) is 4.52. The van der Waals surface area contributed by atoms with Gasteiger partial charge in [-0.1, -0.05) is 54.1 Å². The standard InChI is InChI=1S/C22H15ClN2O6/c23-18-11-10-17(25(29)30)12-19(18)24-20(26)13-31-22(28)16-8-6-15(7-9-16)21(27)14-4-2-1-3-5-14/h1-12H,13H2,(H,24,26). The number of carbonyl (C=O) groups excluding carboxylic acids is 3. The van der Waals surface area contributed by atoms with Crippen molar-refractivity contribution >= 4 is 40.6 Å². The van der Waals surface area contributed by atoms with Crippen molar-refractivity contribution in [3.63, 3.8) is 0 Å². The minimum atomic E-state index is -0.765. The fourth-order valence-electron chi connectivity index (χ4n) is 2.64. The van der Waals surface area contributed by atoms with E-state index in [1.54, 1.807) is 30.3 Å². The second-order valence-corrected chi connectivity index (χ2v) is 6.73. The van der Waals surface area contributed by atoms with E-state index in [9.17, 15) is 24.5 Å². The normalized spacial score (nSPS) is 10.2. The predicted octanol–water partition coefficient (Wildman–Crippen LogP) is 4.27. The van der Waals surface area contributed by atoms with Gasteiger partial charge < -0.3 is 10.1 Å². The van der Waals surface area contributed by atoms with Gasteiger partial charge in [0.2, 0.25) is 0 Å². The molecule has 0 atom stereocenters. The molecule has 0 heterocycles. The second kappa shape index (κ2) is 9.64. The van der Waals surface area contributed by atoms with Crippen LogP contribution in [0.15, 0.2) is 72.8 Å². The summed E-state index contributed by atoms with van der Waals surface area (Å²) in [4.78, 5) is 46.8. The zero-order chi connectivity index (χ0) is 22.4. The van der Waals surface area contributed by atoms with E-state index in [2.05, 4.69) is 5.32 Å². The van der Waals surface area contributed by atoms with Gasteiger partial charge in [-0.05, 0) is 18.2 Å². The summed E-state index contributed by atoms with van der Waals surface area (Å²) in [6.45, 7) is -0.622. The first-order valence-electron chi connectivity index (χ1n) is 8.96. The summed E-state index contributed by atoms with van der Waals surface area (Å²) in [6.07, 6.45) is 0. The van der Waals surface area contributed by atoms with Crippen molar-refractivity contribution in [2.24, 2.45) is 0 Å². The molecule has 3 rings (SSSR count). The van der Waals surface area contributed by atoms with E-state index in [1.807, 2.05) is 0 Å². The van der Waals surface area contributed by atoms with E-state index >= 15 is 0 Å². The van der Waals surface area contributed by atoms with Crippen molar-refractivity contribution in [1.82, 2.24) is 0 Å². The molecule has 3 aromatic carbocycles. The number of hydrogen-bond donors (Lipinski definition) is 1. The lowest BCUT2D eigenvalue weighted by Gasteiger charge is -2.08. The first-order valence-corrected chi connectivity index (χ1v) is 9.33. The molecule has 31 heavy (non-hydrogen) atoms. The topological polar surface area (TPSA) is 116 Å². The number of nitro groups is 1. The molecular formula is C22H15ClN2O6. The smallest absolute Gasteiger partial charge is 0.338 e. The first-order chi connectivity index (χ1) is 14.8. The van der Waals surface area contributed by atoms with E-state index in [-0.39, 0.29) is 27.7 Å². The number of benzene rings is 3. The molecule has 156 valence electrons. The van der Waals surface area contributed by atoms with Crippen molar-refractivity contribution in [2.75, 3.05) is 11.9 Å². The average molecular weight is 439 g/mol. The van der Waals surface area contributed by atoms with Crippen LogP contribution in [0.2, 0.25) is 5.02 Å². The number of rotatable bonds is 7. The summed E-state index contributed by atoms with van der Waals surface area (Å²) >= 11 is 5.92. The lowest BCUT2D eigenvalue weighted by Crippen LogP contribution is -2.21. The maximum absolute atomic E-state index is 12.4. The lowest BCUT2D eigenvalue weighted by atomic mass is 10.0. The van der Waals surface area contributed by atoms with Crippen LogP contribution in [-0.4, -0.2) is 29.2 Å². The van der Waals surface area contributed by atoms with Gasteiger partial charge in [0.15, 0.2) is 12.4 Å². The van der Waals surface area contributed by atoms with Crippen LogP contribution in [0.4, 0.5) is 11.4 Å². The Labute approximate surface area is 181 Å². The van der Waals surface area contributed by atoms with Gasteiger partial charge in [0, 0.05) is 23.3 Å². The molecule has 1 N–H and O–H groups in total. The fraction of sp³-hybridized carbons (Fsp3) is 0.0455. The fourth-order valence-corrected chi connectivity index (χ4v) is 2.80. The number of ketones is 1. The highest BCUT2D eigenvalue weighted by molar-refractivity contribution is 6.33. The first kappa shape index (κ1) is 21.7. The van der Waals surface area contributed by atoms with Crippen LogP contribution in [0.3, 0.4) is 0 Å².